The Morgan fingerprint density at radius 2 is 1.81 bits per heavy atom. The zero-order valence-electron chi connectivity index (χ0n) is 19.2. The molecule has 1 aromatic heterocycles. The van der Waals surface area contributed by atoms with Crippen LogP contribution in [0.2, 0.25) is 0 Å². The van der Waals surface area contributed by atoms with Gasteiger partial charge in [0, 0.05) is 12.6 Å². The van der Waals surface area contributed by atoms with E-state index in [1.807, 2.05) is 30.3 Å². The van der Waals surface area contributed by atoms with Gasteiger partial charge in [0.2, 0.25) is 5.91 Å². The fourth-order valence-corrected chi connectivity index (χ4v) is 2.55. The second-order valence-corrected chi connectivity index (χ2v) is 6.90. The summed E-state index contributed by atoms with van der Waals surface area (Å²) in [5, 5.41) is 23.0. The van der Waals surface area contributed by atoms with Crippen LogP contribution in [0.4, 0.5) is 18.0 Å². The van der Waals surface area contributed by atoms with Crippen LogP contribution in [0.15, 0.2) is 59.3 Å². The molecule has 196 valence electrons. The molecule has 0 aliphatic rings. The van der Waals surface area contributed by atoms with Crippen LogP contribution in [-0.2, 0) is 16.1 Å². The molecule has 0 aliphatic heterocycles. The number of aromatic nitrogens is 2. The summed E-state index contributed by atoms with van der Waals surface area (Å²) in [6.07, 6.45) is -3.35. The molecule has 14 heteroatoms. The number of amides is 2. The fourth-order valence-electron chi connectivity index (χ4n) is 2.55. The van der Waals surface area contributed by atoms with Gasteiger partial charge < -0.3 is 25.2 Å². The van der Waals surface area contributed by atoms with Gasteiger partial charge in [0.1, 0.15) is 18.9 Å². The smallest absolute Gasteiger partial charge is 0.404 e. The molecule has 0 saturated carbocycles. The first-order chi connectivity index (χ1) is 17.0. The number of carboxylic acids is 1. The first kappa shape index (κ1) is 29.7. The maximum atomic E-state index is 12.3. The predicted molar refractivity (Wildman–Crippen MR) is 120 cm³/mol. The second-order valence-electron chi connectivity index (χ2n) is 6.90. The van der Waals surface area contributed by atoms with Crippen molar-refractivity contribution in [3.63, 3.8) is 0 Å². The summed E-state index contributed by atoms with van der Waals surface area (Å²) in [4.78, 5) is 44.2. The van der Waals surface area contributed by atoms with Crippen LogP contribution in [-0.4, -0.2) is 69.1 Å². The van der Waals surface area contributed by atoms with E-state index in [9.17, 15) is 32.3 Å². The van der Waals surface area contributed by atoms with Crippen LogP contribution in [0, 0.1) is 0 Å². The van der Waals surface area contributed by atoms with Gasteiger partial charge in [-0.15, -0.1) is 0 Å². The molecule has 0 saturated heterocycles. The summed E-state index contributed by atoms with van der Waals surface area (Å²) in [6, 6.07) is 10.9. The van der Waals surface area contributed by atoms with E-state index in [2.05, 4.69) is 10.4 Å². The minimum atomic E-state index is -2.56. The zero-order chi connectivity index (χ0) is 27.1. The molecule has 3 N–H and O–H groups in total. The van der Waals surface area contributed by atoms with Crippen LogP contribution in [0.3, 0.4) is 0 Å². The lowest BCUT2D eigenvalue weighted by atomic mass is 10.2. The Balaban J connectivity index is 0.000000384. The number of benzene rings is 1. The monoisotopic (exact) mass is 514 g/mol. The van der Waals surface area contributed by atoms with Crippen molar-refractivity contribution in [2.24, 2.45) is 0 Å². The Labute approximate surface area is 203 Å². The van der Waals surface area contributed by atoms with E-state index in [1.54, 1.807) is 0 Å². The number of halogens is 3. The third-order valence-corrected chi connectivity index (χ3v) is 4.24. The van der Waals surface area contributed by atoms with Crippen LogP contribution in [0.5, 0.6) is 5.75 Å². The number of nitrogens with one attached hydrogen (secondary N) is 1. The van der Waals surface area contributed by atoms with E-state index in [0.717, 1.165) is 10.5 Å². The lowest BCUT2D eigenvalue weighted by Gasteiger charge is -2.17. The predicted octanol–water partition coefficient (Wildman–Crippen LogP) is 2.33. The number of rotatable bonds is 11. The van der Waals surface area contributed by atoms with Crippen LogP contribution in [0.25, 0.3) is 0 Å². The molecular formula is C22H25F3N4O7. The summed E-state index contributed by atoms with van der Waals surface area (Å²) < 4.78 is 42.2. The van der Waals surface area contributed by atoms with Crippen molar-refractivity contribution < 1.29 is 42.5 Å². The van der Waals surface area contributed by atoms with Gasteiger partial charge in [-0.25, -0.2) is 13.9 Å². The van der Waals surface area contributed by atoms with Gasteiger partial charge in [-0.2, -0.15) is 13.9 Å². The number of hydrogen-bond donors (Lipinski definition) is 3. The quantitative estimate of drug-likeness (QED) is 0.387. The molecule has 0 bridgehead atoms. The Morgan fingerprint density at radius 1 is 1.14 bits per heavy atom. The molecule has 2 rings (SSSR count). The fraction of sp³-hybridized carbons (Fsp3) is 0.318. The van der Waals surface area contributed by atoms with E-state index >= 15 is 0 Å². The highest BCUT2D eigenvalue weighted by molar-refractivity contribution is 5.82. The third-order valence-electron chi connectivity index (χ3n) is 4.24. The number of ether oxygens (including phenoxy) is 1. The maximum Gasteiger partial charge on any atom is 0.404 e. The highest BCUT2D eigenvalue weighted by atomic mass is 19.3. The Hall–Kier alpha value is -4.36. The van der Waals surface area contributed by atoms with Crippen molar-refractivity contribution in [1.29, 1.82) is 0 Å². The van der Waals surface area contributed by atoms with E-state index in [-0.39, 0.29) is 25.3 Å². The normalized spacial score (nSPS) is 9.89. The molecule has 1 heterocycles. The number of likely N-dealkylation sites (N-methyl/N-ethyl adjacent to an activating group) is 1. The van der Waals surface area contributed by atoms with Crippen molar-refractivity contribution in [3.8, 4) is 5.75 Å². The van der Waals surface area contributed by atoms with Crippen molar-refractivity contribution in [2.75, 3.05) is 26.2 Å². The molecule has 36 heavy (non-hydrogen) atoms. The number of carboxylic acid groups (broad SMARTS) is 2. The molecule has 1 aromatic carbocycles. The number of hydrogen-bond acceptors (Lipinski definition) is 6. The molecule has 0 atom stereocenters. The molecule has 0 radical (unpaired) electrons. The van der Waals surface area contributed by atoms with E-state index in [1.165, 1.54) is 23.9 Å². The van der Waals surface area contributed by atoms with Crippen molar-refractivity contribution in [3.05, 3.63) is 70.4 Å². The molecule has 0 aliphatic carbocycles. The molecule has 0 fully saturated rings. The van der Waals surface area contributed by atoms with E-state index in [0.29, 0.717) is 12.3 Å². The van der Waals surface area contributed by atoms with Crippen molar-refractivity contribution >= 4 is 18.0 Å². The minimum absolute atomic E-state index is 0.0202. The molecule has 11 nitrogen and oxygen atoms in total. The Bertz CT molecular complexity index is 1110. The SMILES string of the molecule is CCN(CC(=O)O)C(=O)CC(F)=C(F)F.O=C(O)NCCOc1cnn(Cc2ccccc2)c(=O)c1. The second kappa shape index (κ2) is 15.5. The maximum absolute atomic E-state index is 12.3. The molecule has 2 amide bonds. The standard InChI is InChI=1S/C14H15N3O4.C8H10F3NO3/c18-13-8-12(21-7-6-15-14(19)20)9-16-17(13)10-11-4-2-1-3-5-11;1-2-12(4-7(14)15)6(13)3-5(9)8(10)11/h1-5,8-9,15H,6-7,10H2,(H,19,20);2-4H2,1H3,(H,14,15). The molecule has 2 aromatic rings. The molecule has 0 spiro atoms. The van der Waals surface area contributed by atoms with Gasteiger partial charge in [-0.05, 0) is 12.5 Å². The Morgan fingerprint density at radius 3 is 2.33 bits per heavy atom. The van der Waals surface area contributed by atoms with Gasteiger partial charge >= 0.3 is 18.1 Å². The summed E-state index contributed by atoms with van der Waals surface area (Å²) in [7, 11) is 0. The number of carbonyl (C=O) groups is 3. The number of carbonyl (C=O) groups excluding carboxylic acids is 1. The Kier molecular flexibility index (Phi) is 12.8. The van der Waals surface area contributed by atoms with Crippen molar-refractivity contribution in [2.45, 2.75) is 19.9 Å². The lowest BCUT2D eigenvalue weighted by Crippen LogP contribution is -2.35. The summed E-state index contributed by atoms with van der Waals surface area (Å²) >= 11 is 0. The van der Waals surface area contributed by atoms with Gasteiger partial charge in [0.05, 0.1) is 25.7 Å². The first-order valence-electron chi connectivity index (χ1n) is 10.4. The average molecular weight is 514 g/mol. The molecular weight excluding hydrogens is 489 g/mol. The zero-order valence-corrected chi connectivity index (χ0v) is 19.2. The van der Waals surface area contributed by atoms with Crippen LogP contribution >= 0.6 is 0 Å². The van der Waals surface area contributed by atoms with Crippen LogP contribution in [0.1, 0.15) is 18.9 Å². The summed E-state index contributed by atoms with van der Waals surface area (Å²) in [6.45, 7) is 1.52. The highest BCUT2D eigenvalue weighted by Crippen LogP contribution is 2.14. The van der Waals surface area contributed by atoms with Gasteiger partial charge in [0.25, 0.3) is 5.56 Å². The number of aliphatic carboxylic acids is 1. The minimum Gasteiger partial charge on any atom is -0.490 e. The van der Waals surface area contributed by atoms with E-state index < -0.39 is 42.8 Å². The third kappa shape index (κ3) is 11.7. The topological polar surface area (TPSA) is 151 Å². The van der Waals surface area contributed by atoms with Crippen molar-refractivity contribution in [1.82, 2.24) is 20.0 Å². The van der Waals surface area contributed by atoms with Gasteiger partial charge in [-0.1, -0.05) is 30.3 Å². The van der Waals surface area contributed by atoms with Gasteiger partial charge in [0.15, 0.2) is 5.83 Å². The van der Waals surface area contributed by atoms with Gasteiger partial charge in [-0.3, -0.25) is 14.4 Å². The lowest BCUT2D eigenvalue weighted by molar-refractivity contribution is -0.144. The first-order valence-corrected chi connectivity index (χ1v) is 10.4. The largest absolute Gasteiger partial charge is 0.490 e. The van der Waals surface area contributed by atoms with Crippen LogP contribution < -0.4 is 15.6 Å². The highest BCUT2D eigenvalue weighted by Gasteiger charge is 2.18. The number of nitrogens with zero attached hydrogens (tertiary/aromatic N) is 3. The van der Waals surface area contributed by atoms with E-state index in [4.69, 9.17) is 14.9 Å². The summed E-state index contributed by atoms with van der Waals surface area (Å²) in [5.74, 6) is -3.78. The molecule has 0 unspecified atom stereocenters. The summed E-state index contributed by atoms with van der Waals surface area (Å²) in [5.41, 5.74) is 0.703. The average Bonchev–Trinajstić information content (AvgIpc) is 2.82.